The zero-order valence-electron chi connectivity index (χ0n) is 12.4. The van der Waals surface area contributed by atoms with Crippen LogP contribution in [-0.4, -0.2) is 23.2 Å². The topological polar surface area (TPSA) is 76.9 Å². The molecule has 21 heavy (non-hydrogen) atoms. The molecule has 1 N–H and O–H groups in total. The molecule has 0 radical (unpaired) electrons. The summed E-state index contributed by atoms with van der Waals surface area (Å²) in [7, 11) is -3.62. The Bertz CT molecular complexity index is 709. The van der Waals surface area contributed by atoms with Crippen LogP contribution < -0.4 is 4.72 Å². The highest BCUT2D eigenvalue weighted by Crippen LogP contribution is 2.19. The highest BCUT2D eigenvalue weighted by Gasteiger charge is 2.24. The Hall–Kier alpha value is -1.73. The second kappa shape index (κ2) is 6.36. The fraction of sp³-hybridized carbons (Fsp3) is 0.429. The maximum atomic E-state index is 12.5. The van der Waals surface area contributed by atoms with Gasteiger partial charge < -0.3 is 0 Å². The van der Waals surface area contributed by atoms with E-state index in [2.05, 4.69) is 14.8 Å². The summed E-state index contributed by atoms with van der Waals surface area (Å²) in [4.78, 5) is 4.27. The first-order valence-corrected chi connectivity index (χ1v) is 8.43. The van der Waals surface area contributed by atoms with Crippen molar-refractivity contribution >= 4 is 10.0 Å². The Balaban J connectivity index is 2.30. The summed E-state index contributed by atoms with van der Waals surface area (Å²) in [5, 5.41) is 4.18. The maximum Gasteiger partial charge on any atom is 0.258 e. The van der Waals surface area contributed by atoms with Crippen molar-refractivity contribution in [1.82, 2.24) is 19.5 Å². The summed E-state index contributed by atoms with van der Waals surface area (Å²) >= 11 is 0. The summed E-state index contributed by atoms with van der Waals surface area (Å²) < 4.78 is 29.2. The summed E-state index contributed by atoms with van der Waals surface area (Å²) in [5.74, 6) is 0. The lowest BCUT2D eigenvalue weighted by atomic mass is 10.1. The number of sulfonamides is 1. The zero-order chi connectivity index (χ0) is 15.5. The predicted octanol–water partition coefficient (Wildman–Crippen LogP) is 2.04. The molecule has 0 fully saturated rings. The maximum absolute atomic E-state index is 12.5. The molecule has 7 heteroatoms. The van der Waals surface area contributed by atoms with Crippen LogP contribution in [0.1, 0.15) is 37.6 Å². The van der Waals surface area contributed by atoms with Gasteiger partial charge in [-0.05, 0) is 44.0 Å². The fourth-order valence-corrected chi connectivity index (χ4v) is 3.61. The van der Waals surface area contributed by atoms with Gasteiger partial charge in [0.1, 0.15) is 0 Å². The summed E-state index contributed by atoms with van der Waals surface area (Å²) in [6.45, 7) is 6.24. The average Bonchev–Trinajstić information content (AvgIpc) is 2.94. The normalized spacial score (nSPS) is 13.3. The molecule has 114 valence electrons. The van der Waals surface area contributed by atoms with Gasteiger partial charge in [0.25, 0.3) is 10.0 Å². The van der Waals surface area contributed by atoms with Crippen LogP contribution in [0.5, 0.6) is 0 Å². The van der Waals surface area contributed by atoms with Gasteiger partial charge in [-0.3, -0.25) is 9.67 Å². The predicted molar refractivity (Wildman–Crippen MR) is 80.2 cm³/mol. The summed E-state index contributed by atoms with van der Waals surface area (Å²) in [6, 6.07) is 4.93. The van der Waals surface area contributed by atoms with Gasteiger partial charge >= 0.3 is 0 Å². The lowest BCUT2D eigenvalue weighted by molar-refractivity contribution is 0.520. The SMILES string of the molecule is CC[C@H](NS(=O)(=O)c1ccnn1CC)c1cc(C)ccn1. The number of aryl methyl sites for hydroxylation is 2. The van der Waals surface area contributed by atoms with Crippen molar-refractivity contribution in [2.75, 3.05) is 0 Å². The van der Waals surface area contributed by atoms with Crippen LogP contribution in [0.4, 0.5) is 0 Å². The number of rotatable bonds is 6. The number of nitrogens with zero attached hydrogens (tertiary/aromatic N) is 3. The van der Waals surface area contributed by atoms with Gasteiger partial charge in [0.2, 0.25) is 0 Å². The van der Waals surface area contributed by atoms with Crippen molar-refractivity contribution < 1.29 is 8.42 Å². The van der Waals surface area contributed by atoms with Crippen molar-refractivity contribution in [3.8, 4) is 0 Å². The molecule has 2 aromatic rings. The largest absolute Gasteiger partial charge is 0.260 e. The van der Waals surface area contributed by atoms with E-state index < -0.39 is 10.0 Å². The second-order valence-electron chi connectivity index (χ2n) is 4.83. The molecule has 0 saturated heterocycles. The molecule has 0 bridgehead atoms. The monoisotopic (exact) mass is 308 g/mol. The Morgan fingerprint density at radius 3 is 2.67 bits per heavy atom. The Kier molecular flexibility index (Phi) is 4.74. The summed E-state index contributed by atoms with van der Waals surface area (Å²) in [6.07, 6.45) is 3.80. The van der Waals surface area contributed by atoms with E-state index in [1.54, 1.807) is 6.20 Å². The molecule has 1 atom stereocenters. The van der Waals surface area contributed by atoms with E-state index in [4.69, 9.17) is 0 Å². The molecule has 2 heterocycles. The fourth-order valence-electron chi connectivity index (χ4n) is 2.14. The third-order valence-corrected chi connectivity index (χ3v) is 4.74. The molecule has 0 amide bonds. The Morgan fingerprint density at radius 1 is 1.29 bits per heavy atom. The lowest BCUT2D eigenvalue weighted by Crippen LogP contribution is -2.30. The smallest absolute Gasteiger partial charge is 0.258 e. The first-order chi connectivity index (χ1) is 9.97. The molecule has 0 aliphatic heterocycles. The van der Waals surface area contributed by atoms with E-state index in [0.29, 0.717) is 13.0 Å². The third-order valence-electron chi connectivity index (χ3n) is 3.25. The molecule has 0 aliphatic carbocycles. The third kappa shape index (κ3) is 3.48. The zero-order valence-corrected chi connectivity index (χ0v) is 13.3. The molecule has 2 rings (SSSR count). The van der Waals surface area contributed by atoms with Gasteiger partial charge in [-0.25, -0.2) is 13.1 Å². The van der Waals surface area contributed by atoms with E-state index in [-0.39, 0.29) is 11.1 Å². The van der Waals surface area contributed by atoms with Crippen molar-refractivity contribution in [3.63, 3.8) is 0 Å². The van der Waals surface area contributed by atoms with Crippen molar-refractivity contribution in [2.24, 2.45) is 0 Å². The average molecular weight is 308 g/mol. The highest BCUT2D eigenvalue weighted by molar-refractivity contribution is 7.89. The number of nitrogens with one attached hydrogen (secondary N) is 1. The molecule has 0 aromatic carbocycles. The van der Waals surface area contributed by atoms with E-state index in [9.17, 15) is 8.42 Å². The number of pyridine rings is 1. The molecular weight excluding hydrogens is 288 g/mol. The van der Waals surface area contributed by atoms with Crippen LogP contribution in [0.15, 0.2) is 35.6 Å². The van der Waals surface area contributed by atoms with Crippen molar-refractivity contribution in [3.05, 3.63) is 41.9 Å². The molecule has 6 nitrogen and oxygen atoms in total. The highest BCUT2D eigenvalue weighted by atomic mass is 32.2. The van der Waals surface area contributed by atoms with Gasteiger partial charge in [-0.2, -0.15) is 5.10 Å². The molecule has 2 aromatic heterocycles. The van der Waals surface area contributed by atoms with E-state index in [1.807, 2.05) is 32.9 Å². The molecular formula is C14H20N4O2S. The Labute approximate surface area is 125 Å². The first kappa shape index (κ1) is 15.7. The van der Waals surface area contributed by atoms with Crippen LogP contribution >= 0.6 is 0 Å². The lowest BCUT2D eigenvalue weighted by Gasteiger charge is -2.17. The van der Waals surface area contributed by atoms with Crippen LogP contribution in [0, 0.1) is 6.92 Å². The van der Waals surface area contributed by atoms with Crippen LogP contribution in [-0.2, 0) is 16.6 Å². The van der Waals surface area contributed by atoms with Crippen LogP contribution in [0.3, 0.4) is 0 Å². The van der Waals surface area contributed by atoms with Gasteiger partial charge in [-0.15, -0.1) is 0 Å². The Morgan fingerprint density at radius 2 is 2.05 bits per heavy atom. The van der Waals surface area contributed by atoms with Gasteiger partial charge in [-0.1, -0.05) is 6.92 Å². The van der Waals surface area contributed by atoms with Crippen molar-refractivity contribution in [1.29, 1.82) is 0 Å². The van der Waals surface area contributed by atoms with Crippen molar-refractivity contribution in [2.45, 2.75) is 44.8 Å². The number of hydrogen-bond donors (Lipinski definition) is 1. The molecule has 0 unspecified atom stereocenters. The first-order valence-electron chi connectivity index (χ1n) is 6.94. The van der Waals surface area contributed by atoms with E-state index in [1.165, 1.54) is 16.9 Å². The minimum Gasteiger partial charge on any atom is -0.260 e. The number of aromatic nitrogens is 3. The van der Waals surface area contributed by atoms with Gasteiger partial charge in [0, 0.05) is 12.7 Å². The summed E-state index contributed by atoms with van der Waals surface area (Å²) in [5.41, 5.74) is 1.78. The van der Waals surface area contributed by atoms with E-state index in [0.717, 1.165) is 11.3 Å². The standard InChI is InChI=1S/C14H20N4O2S/c1-4-12(13-10-11(3)6-8-15-13)17-21(19,20)14-7-9-16-18(14)5-2/h6-10,12,17H,4-5H2,1-3H3/t12-/m0/s1. The minimum absolute atomic E-state index is 0.177. The quantitative estimate of drug-likeness (QED) is 0.886. The minimum atomic E-state index is -3.62. The van der Waals surface area contributed by atoms with E-state index >= 15 is 0 Å². The number of hydrogen-bond acceptors (Lipinski definition) is 4. The molecule has 0 spiro atoms. The van der Waals surface area contributed by atoms with Gasteiger partial charge in [0.15, 0.2) is 5.03 Å². The second-order valence-corrected chi connectivity index (χ2v) is 6.49. The van der Waals surface area contributed by atoms with Gasteiger partial charge in [0.05, 0.1) is 17.9 Å². The van der Waals surface area contributed by atoms with Crippen LogP contribution in [0.25, 0.3) is 0 Å². The molecule has 0 saturated carbocycles. The van der Waals surface area contributed by atoms with Crippen LogP contribution in [0.2, 0.25) is 0 Å². The molecule has 0 aliphatic rings.